The number of carbonyl (C=O) groups excluding carboxylic acids is 2. The fraction of sp³-hybridized carbons (Fsp3) is 0.364. The molecule has 1 aliphatic heterocycles. The first-order valence-corrected chi connectivity index (χ1v) is 9.51. The van der Waals surface area contributed by atoms with Crippen LogP contribution in [0.2, 0.25) is 0 Å². The molecule has 5 heteroatoms. The average Bonchev–Trinajstić information content (AvgIpc) is 2.72. The molecule has 0 saturated carbocycles. The smallest absolute Gasteiger partial charge is 0.251 e. The minimum Gasteiger partial charge on any atom is -0.368 e. The Labute approximate surface area is 161 Å². The summed E-state index contributed by atoms with van der Waals surface area (Å²) in [7, 11) is 0. The first kappa shape index (κ1) is 19.0. The van der Waals surface area contributed by atoms with Crippen molar-refractivity contribution in [3.63, 3.8) is 0 Å². The zero-order valence-corrected chi connectivity index (χ0v) is 16.0. The number of hydrogen-bond acceptors (Lipinski definition) is 3. The quantitative estimate of drug-likeness (QED) is 0.886. The Bertz CT molecular complexity index is 754. The van der Waals surface area contributed by atoms with Crippen LogP contribution in [0.15, 0.2) is 60.7 Å². The van der Waals surface area contributed by atoms with Gasteiger partial charge in [0.15, 0.2) is 0 Å². The van der Waals surface area contributed by atoms with Gasteiger partial charge in [-0.2, -0.15) is 0 Å². The van der Waals surface area contributed by atoms with Crippen LogP contribution in [0.25, 0.3) is 0 Å². The number of rotatable bonds is 5. The van der Waals surface area contributed by atoms with Crippen molar-refractivity contribution in [2.45, 2.75) is 19.9 Å². The van der Waals surface area contributed by atoms with Crippen molar-refractivity contribution in [1.82, 2.24) is 10.2 Å². The molecule has 3 rings (SSSR count). The number of nitrogens with zero attached hydrogens (tertiary/aromatic N) is 2. The fourth-order valence-corrected chi connectivity index (χ4v) is 3.35. The van der Waals surface area contributed by atoms with Crippen LogP contribution >= 0.6 is 0 Å². The lowest BCUT2D eigenvalue weighted by molar-refractivity contribution is -0.134. The normalized spacial score (nSPS) is 15.5. The molecule has 0 spiro atoms. The molecule has 1 unspecified atom stereocenters. The second kappa shape index (κ2) is 8.71. The maximum atomic E-state index is 13.0. The van der Waals surface area contributed by atoms with Crippen molar-refractivity contribution < 1.29 is 9.59 Å². The van der Waals surface area contributed by atoms with Gasteiger partial charge >= 0.3 is 0 Å². The summed E-state index contributed by atoms with van der Waals surface area (Å²) >= 11 is 0. The van der Waals surface area contributed by atoms with Crippen LogP contribution in [0.5, 0.6) is 0 Å². The highest BCUT2D eigenvalue weighted by Gasteiger charge is 2.30. The van der Waals surface area contributed by atoms with E-state index in [9.17, 15) is 9.59 Å². The van der Waals surface area contributed by atoms with Crippen LogP contribution in [-0.2, 0) is 4.79 Å². The van der Waals surface area contributed by atoms with E-state index in [2.05, 4.69) is 22.3 Å². The summed E-state index contributed by atoms with van der Waals surface area (Å²) in [4.78, 5) is 29.7. The summed E-state index contributed by atoms with van der Waals surface area (Å²) in [6.45, 7) is 6.86. The lowest BCUT2D eigenvalue weighted by atomic mass is 10.0. The molecule has 142 valence electrons. The van der Waals surface area contributed by atoms with E-state index in [0.29, 0.717) is 18.7 Å². The van der Waals surface area contributed by atoms with Crippen molar-refractivity contribution in [2.24, 2.45) is 5.92 Å². The number of carbonyl (C=O) groups is 2. The van der Waals surface area contributed by atoms with Crippen LogP contribution in [0, 0.1) is 5.92 Å². The molecule has 1 fully saturated rings. The average molecular weight is 365 g/mol. The van der Waals surface area contributed by atoms with Crippen LogP contribution in [-0.4, -0.2) is 48.9 Å². The van der Waals surface area contributed by atoms with Crippen LogP contribution < -0.4 is 10.2 Å². The second-order valence-corrected chi connectivity index (χ2v) is 7.21. The molecule has 0 aliphatic carbocycles. The van der Waals surface area contributed by atoms with Crippen LogP contribution in [0.1, 0.15) is 24.2 Å². The van der Waals surface area contributed by atoms with Gasteiger partial charge in [0.25, 0.3) is 5.91 Å². The van der Waals surface area contributed by atoms with Gasteiger partial charge in [0.1, 0.15) is 6.04 Å². The molecule has 2 amide bonds. The summed E-state index contributed by atoms with van der Waals surface area (Å²) in [6, 6.07) is 18.8. The van der Waals surface area contributed by atoms with Gasteiger partial charge in [-0.05, 0) is 30.2 Å². The van der Waals surface area contributed by atoms with E-state index in [1.165, 1.54) is 5.69 Å². The maximum absolute atomic E-state index is 13.0. The molecule has 0 bridgehead atoms. The highest BCUT2D eigenvalue weighted by atomic mass is 16.2. The SMILES string of the molecule is CC(C)C(NC(=O)c1ccccc1)C(=O)N1CCN(c2ccccc2)CC1. The predicted octanol–water partition coefficient (Wildman–Crippen LogP) is 2.79. The zero-order valence-electron chi connectivity index (χ0n) is 16.0. The summed E-state index contributed by atoms with van der Waals surface area (Å²) < 4.78 is 0. The molecule has 1 aliphatic rings. The summed E-state index contributed by atoms with van der Waals surface area (Å²) in [5.74, 6) is -0.176. The van der Waals surface area contributed by atoms with Crippen molar-refractivity contribution in [1.29, 1.82) is 0 Å². The highest BCUT2D eigenvalue weighted by Crippen LogP contribution is 2.17. The van der Waals surface area contributed by atoms with Gasteiger partial charge in [0.2, 0.25) is 5.91 Å². The van der Waals surface area contributed by atoms with Gasteiger partial charge in [-0.25, -0.2) is 0 Å². The molecule has 1 N–H and O–H groups in total. The van der Waals surface area contributed by atoms with Crippen molar-refractivity contribution in [3.8, 4) is 0 Å². The number of amides is 2. The van der Waals surface area contributed by atoms with Crippen molar-refractivity contribution in [2.75, 3.05) is 31.1 Å². The van der Waals surface area contributed by atoms with Gasteiger partial charge in [0, 0.05) is 37.4 Å². The van der Waals surface area contributed by atoms with Gasteiger partial charge in [-0.3, -0.25) is 9.59 Å². The molecular formula is C22H27N3O2. The Hall–Kier alpha value is -2.82. The van der Waals surface area contributed by atoms with Crippen LogP contribution in [0.4, 0.5) is 5.69 Å². The van der Waals surface area contributed by atoms with Gasteiger partial charge in [-0.1, -0.05) is 50.2 Å². The third-order valence-corrected chi connectivity index (χ3v) is 4.97. The van der Waals surface area contributed by atoms with E-state index in [0.717, 1.165) is 13.1 Å². The standard InChI is InChI=1S/C22H27N3O2/c1-17(2)20(23-21(26)18-9-5-3-6-10-18)22(27)25-15-13-24(14-16-25)19-11-7-4-8-12-19/h3-12,17,20H,13-16H2,1-2H3,(H,23,26). The number of anilines is 1. The number of nitrogens with one attached hydrogen (secondary N) is 1. The topological polar surface area (TPSA) is 52.7 Å². The molecule has 5 nitrogen and oxygen atoms in total. The molecule has 2 aromatic carbocycles. The summed E-state index contributed by atoms with van der Waals surface area (Å²) in [5.41, 5.74) is 1.76. The minimum absolute atomic E-state index is 0.00185. The Morgan fingerprint density at radius 2 is 1.41 bits per heavy atom. The number of hydrogen-bond donors (Lipinski definition) is 1. The van der Waals surface area contributed by atoms with E-state index in [4.69, 9.17) is 0 Å². The predicted molar refractivity (Wildman–Crippen MR) is 108 cm³/mol. The molecule has 1 saturated heterocycles. The zero-order chi connectivity index (χ0) is 19.2. The fourth-order valence-electron chi connectivity index (χ4n) is 3.35. The first-order chi connectivity index (χ1) is 13.1. The maximum Gasteiger partial charge on any atom is 0.251 e. The van der Waals surface area contributed by atoms with Gasteiger partial charge < -0.3 is 15.1 Å². The Kier molecular flexibility index (Phi) is 6.12. The molecule has 0 radical (unpaired) electrons. The Morgan fingerprint density at radius 3 is 1.96 bits per heavy atom. The second-order valence-electron chi connectivity index (χ2n) is 7.21. The number of para-hydroxylation sites is 1. The Morgan fingerprint density at radius 1 is 0.852 bits per heavy atom. The molecule has 27 heavy (non-hydrogen) atoms. The van der Waals surface area contributed by atoms with Gasteiger partial charge in [-0.15, -0.1) is 0 Å². The largest absolute Gasteiger partial charge is 0.368 e. The van der Waals surface area contributed by atoms with E-state index in [1.807, 2.05) is 55.1 Å². The minimum atomic E-state index is -0.513. The number of piperazine rings is 1. The third kappa shape index (κ3) is 4.67. The van der Waals surface area contributed by atoms with E-state index in [-0.39, 0.29) is 17.7 Å². The first-order valence-electron chi connectivity index (χ1n) is 9.51. The molecular weight excluding hydrogens is 338 g/mol. The van der Waals surface area contributed by atoms with Gasteiger partial charge in [0.05, 0.1) is 0 Å². The summed E-state index contributed by atoms with van der Waals surface area (Å²) in [6.07, 6.45) is 0. The molecule has 2 aromatic rings. The van der Waals surface area contributed by atoms with Crippen LogP contribution in [0.3, 0.4) is 0 Å². The molecule has 0 aromatic heterocycles. The van der Waals surface area contributed by atoms with Crippen molar-refractivity contribution in [3.05, 3.63) is 66.2 Å². The number of benzene rings is 2. The Balaban J connectivity index is 1.61. The third-order valence-electron chi connectivity index (χ3n) is 4.97. The van der Waals surface area contributed by atoms with E-state index < -0.39 is 6.04 Å². The lowest BCUT2D eigenvalue weighted by Crippen LogP contribution is -2.56. The monoisotopic (exact) mass is 365 g/mol. The van der Waals surface area contributed by atoms with Crippen molar-refractivity contribution >= 4 is 17.5 Å². The van der Waals surface area contributed by atoms with E-state index >= 15 is 0 Å². The molecule has 1 heterocycles. The molecule has 1 atom stereocenters. The summed E-state index contributed by atoms with van der Waals surface area (Å²) in [5, 5.41) is 2.93. The van der Waals surface area contributed by atoms with E-state index in [1.54, 1.807) is 12.1 Å². The lowest BCUT2D eigenvalue weighted by Gasteiger charge is -2.38. The highest BCUT2D eigenvalue weighted by molar-refractivity contribution is 5.97.